The van der Waals surface area contributed by atoms with Crippen molar-refractivity contribution in [3.8, 4) is 0 Å². The fourth-order valence-corrected chi connectivity index (χ4v) is 2.33. The molecule has 0 aliphatic carbocycles. The average molecular weight is 211 g/mol. The minimum absolute atomic E-state index is 0.204. The SMILES string of the molecule is O=C1CCC(NCC2CCNCC2)CN1. The Morgan fingerprint density at radius 1 is 1.27 bits per heavy atom. The van der Waals surface area contributed by atoms with Gasteiger partial charge in [-0.05, 0) is 44.8 Å². The van der Waals surface area contributed by atoms with Crippen molar-refractivity contribution in [3.05, 3.63) is 0 Å². The number of piperidine rings is 2. The monoisotopic (exact) mass is 211 g/mol. The first-order valence-corrected chi connectivity index (χ1v) is 6.05. The van der Waals surface area contributed by atoms with Gasteiger partial charge in [0.1, 0.15) is 0 Å². The molecule has 2 rings (SSSR count). The average Bonchev–Trinajstić information content (AvgIpc) is 2.30. The van der Waals surface area contributed by atoms with Gasteiger partial charge in [-0.3, -0.25) is 4.79 Å². The zero-order chi connectivity index (χ0) is 10.5. The molecule has 1 unspecified atom stereocenters. The van der Waals surface area contributed by atoms with E-state index in [-0.39, 0.29) is 5.91 Å². The molecule has 2 aliphatic rings. The van der Waals surface area contributed by atoms with E-state index in [9.17, 15) is 4.79 Å². The first kappa shape index (κ1) is 10.9. The second kappa shape index (κ2) is 5.47. The normalized spacial score (nSPS) is 28.8. The first-order chi connectivity index (χ1) is 7.34. The quantitative estimate of drug-likeness (QED) is 0.609. The topological polar surface area (TPSA) is 53.2 Å². The summed E-state index contributed by atoms with van der Waals surface area (Å²) in [6.07, 6.45) is 4.25. The van der Waals surface area contributed by atoms with E-state index in [0.717, 1.165) is 38.5 Å². The van der Waals surface area contributed by atoms with Crippen LogP contribution in [0.3, 0.4) is 0 Å². The lowest BCUT2D eigenvalue weighted by molar-refractivity contribution is -0.122. The van der Waals surface area contributed by atoms with Crippen molar-refractivity contribution in [3.63, 3.8) is 0 Å². The number of amides is 1. The van der Waals surface area contributed by atoms with Crippen LogP contribution in [0.25, 0.3) is 0 Å². The third-order valence-electron chi connectivity index (χ3n) is 3.42. The molecule has 0 spiro atoms. The number of rotatable bonds is 3. The molecule has 15 heavy (non-hydrogen) atoms. The summed E-state index contributed by atoms with van der Waals surface area (Å²) in [5.41, 5.74) is 0. The van der Waals surface area contributed by atoms with E-state index in [0.29, 0.717) is 12.5 Å². The zero-order valence-electron chi connectivity index (χ0n) is 9.22. The first-order valence-electron chi connectivity index (χ1n) is 6.05. The van der Waals surface area contributed by atoms with Gasteiger partial charge in [-0.2, -0.15) is 0 Å². The molecule has 3 N–H and O–H groups in total. The van der Waals surface area contributed by atoms with Gasteiger partial charge in [-0.15, -0.1) is 0 Å². The van der Waals surface area contributed by atoms with Gasteiger partial charge in [-0.25, -0.2) is 0 Å². The van der Waals surface area contributed by atoms with Crippen LogP contribution < -0.4 is 16.0 Å². The second-order valence-corrected chi connectivity index (χ2v) is 4.64. The van der Waals surface area contributed by atoms with E-state index in [1.54, 1.807) is 0 Å². The third kappa shape index (κ3) is 3.47. The lowest BCUT2D eigenvalue weighted by atomic mass is 9.97. The Bertz CT molecular complexity index is 204. The van der Waals surface area contributed by atoms with E-state index in [1.165, 1.54) is 12.8 Å². The molecule has 0 aromatic heterocycles. The molecule has 2 fully saturated rings. The highest BCUT2D eigenvalue weighted by atomic mass is 16.1. The molecule has 0 aromatic rings. The molecule has 0 aromatic carbocycles. The highest BCUT2D eigenvalue weighted by Crippen LogP contribution is 2.11. The summed E-state index contributed by atoms with van der Waals surface area (Å²) in [5.74, 6) is 1.03. The molecule has 2 heterocycles. The van der Waals surface area contributed by atoms with Gasteiger partial charge in [0.25, 0.3) is 0 Å². The minimum atomic E-state index is 0.204. The molecule has 4 nitrogen and oxygen atoms in total. The Kier molecular flexibility index (Phi) is 3.97. The Hall–Kier alpha value is -0.610. The van der Waals surface area contributed by atoms with Crippen molar-refractivity contribution < 1.29 is 4.79 Å². The predicted molar refractivity (Wildman–Crippen MR) is 59.6 cm³/mol. The minimum Gasteiger partial charge on any atom is -0.355 e. The second-order valence-electron chi connectivity index (χ2n) is 4.64. The van der Waals surface area contributed by atoms with E-state index in [2.05, 4.69) is 16.0 Å². The van der Waals surface area contributed by atoms with Crippen molar-refractivity contribution >= 4 is 5.91 Å². The van der Waals surface area contributed by atoms with Crippen LogP contribution >= 0.6 is 0 Å². The number of nitrogens with one attached hydrogen (secondary N) is 3. The van der Waals surface area contributed by atoms with Crippen LogP contribution in [-0.4, -0.2) is 38.1 Å². The largest absolute Gasteiger partial charge is 0.355 e. The maximum absolute atomic E-state index is 11.0. The molecular weight excluding hydrogens is 190 g/mol. The summed E-state index contributed by atoms with van der Waals surface area (Å²) >= 11 is 0. The van der Waals surface area contributed by atoms with Crippen LogP contribution in [0.15, 0.2) is 0 Å². The Labute approximate surface area is 91.2 Å². The fraction of sp³-hybridized carbons (Fsp3) is 0.909. The molecule has 0 radical (unpaired) electrons. The zero-order valence-corrected chi connectivity index (χ0v) is 9.22. The van der Waals surface area contributed by atoms with Gasteiger partial charge < -0.3 is 16.0 Å². The highest BCUT2D eigenvalue weighted by molar-refractivity contribution is 5.76. The van der Waals surface area contributed by atoms with Crippen LogP contribution in [0.2, 0.25) is 0 Å². The van der Waals surface area contributed by atoms with E-state index in [4.69, 9.17) is 0 Å². The lowest BCUT2D eigenvalue weighted by Gasteiger charge is -2.28. The molecule has 4 heteroatoms. The Morgan fingerprint density at radius 2 is 2.07 bits per heavy atom. The number of carbonyl (C=O) groups excluding carboxylic acids is 1. The summed E-state index contributed by atoms with van der Waals surface area (Å²) in [6, 6.07) is 0.498. The smallest absolute Gasteiger partial charge is 0.220 e. The molecule has 2 saturated heterocycles. The van der Waals surface area contributed by atoms with Gasteiger partial charge in [0, 0.05) is 19.0 Å². The lowest BCUT2D eigenvalue weighted by Crippen LogP contribution is -2.47. The van der Waals surface area contributed by atoms with Crippen LogP contribution in [0.5, 0.6) is 0 Å². The van der Waals surface area contributed by atoms with Crippen LogP contribution in [0.4, 0.5) is 0 Å². The van der Waals surface area contributed by atoms with Crippen molar-refractivity contribution in [2.24, 2.45) is 5.92 Å². The third-order valence-corrected chi connectivity index (χ3v) is 3.42. The van der Waals surface area contributed by atoms with E-state index in [1.807, 2.05) is 0 Å². The van der Waals surface area contributed by atoms with Gasteiger partial charge >= 0.3 is 0 Å². The van der Waals surface area contributed by atoms with Gasteiger partial charge in [0.05, 0.1) is 0 Å². The highest BCUT2D eigenvalue weighted by Gasteiger charge is 2.19. The summed E-state index contributed by atoms with van der Waals surface area (Å²) in [5, 5.41) is 9.85. The molecule has 1 amide bonds. The number of hydrogen-bond donors (Lipinski definition) is 3. The van der Waals surface area contributed by atoms with Crippen molar-refractivity contribution in [2.45, 2.75) is 31.7 Å². The van der Waals surface area contributed by atoms with Crippen molar-refractivity contribution in [1.82, 2.24) is 16.0 Å². The summed E-state index contributed by atoms with van der Waals surface area (Å²) in [4.78, 5) is 11.0. The van der Waals surface area contributed by atoms with Crippen LogP contribution in [0, 0.1) is 5.92 Å². The Balaban J connectivity index is 1.62. The summed E-state index contributed by atoms with van der Waals surface area (Å²) in [7, 11) is 0. The molecule has 0 bridgehead atoms. The van der Waals surface area contributed by atoms with Crippen LogP contribution in [-0.2, 0) is 4.79 Å². The predicted octanol–water partition coefficient (Wildman–Crippen LogP) is -0.146. The maximum atomic E-state index is 11.0. The van der Waals surface area contributed by atoms with E-state index < -0.39 is 0 Å². The maximum Gasteiger partial charge on any atom is 0.220 e. The van der Waals surface area contributed by atoms with E-state index >= 15 is 0 Å². The van der Waals surface area contributed by atoms with Crippen molar-refractivity contribution in [2.75, 3.05) is 26.2 Å². The van der Waals surface area contributed by atoms with Crippen molar-refractivity contribution in [1.29, 1.82) is 0 Å². The molecular formula is C11H21N3O. The molecule has 86 valence electrons. The molecule has 2 aliphatic heterocycles. The summed E-state index contributed by atoms with van der Waals surface area (Å²) < 4.78 is 0. The number of carbonyl (C=O) groups is 1. The fourth-order valence-electron chi connectivity index (χ4n) is 2.33. The Morgan fingerprint density at radius 3 is 2.73 bits per heavy atom. The molecule has 0 saturated carbocycles. The standard InChI is InChI=1S/C11H21N3O/c15-11-2-1-10(8-14-11)13-7-9-3-5-12-6-4-9/h9-10,12-13H,1-8H2,(H,14,15). The van der Waals surface area contributed by atoms with Gasteiger partial charge in [0.2, 0.25) is 5.91 Å². The van der Waals surface area contributed by atoms with Crippen LogP contribution in [0.1, 0.15) is 25.7 Å². The van der Waals surface area contributed by atoms with Gasteiger partial charge in [0.15, 0.2) is 0 Å². The summed E-state index contributed by atoms with van der Waals surface area (Å²) in [6.45, 7) is 4.24. The van der Waals surface area contributed by atoms with Gasteiger partial charge in [-0.1, -0.05) is 0 Å². The molecule has 1 atom stereocenters. The number of hydrogen-bond acceptors (Lipinski definition) is 3.